The summed E-state index contributed by atoms with van der Waals surface area (Å²) in [7, 11) is 0. The van der Waals surface area contributed by atoms with Crippen LogP contribution in [0, 0.1) is 0 Å². The van der Waals surface area contributed by atoms with Gasteiger partial charge in [-0.2, -0.15) is 0 Å². The number of nitrogens with zero attached hydrogens (tertiary/aromatic N) is 2. The number of ether oxygens (including phenoxy) is 2. The molecule has 6 rings (SSSR count). The average Bonchev–Trinajstić information content (AvgIpc) is 3.46. The molecule has 0 saturated carbocycles. The van der Waals surface area contributed by atoms with Gasteiger partial charge in [0, 0.05) is 5.56 Å². The van der Waals surface area contributed by atoms with Gasteiger partial charge in [-0.05, 0) is 40.6 Å². The van der Waals surface area contributed by atoms with Crippen molar-refractivity contribution in [2.24, 2.45) is 0 Å². The molecule has 0 radical (unpaired) electrons. The van der Waals surface area contributed by atoms with E-state index in [1.165, 1.54) is 16.3 Å². The smallest absolute Gasteiger partial charge is 0.239 e. The molecule has 0 aliphatic carbocycles. The van der Waals surface area contributed by atoms with Gasteiger partial charge in [0.25, 0.3) is 0 Å². The monoisotopic (exact) mass is 439 g/mol. The minimum absolute atomic E-state index is 0.0839. The van der Waals surface area contributed by atoms with E-state index in [4.69, 9.17) is 32.7 Å². The molecule has 30 heavy (non-hydrogen) atoms. The third-order valence-electron chi connectivity index (χ3n) is 6.35. The fourth-order valence-corrected chi connectivity index (χ4v) is 5.43. The van der Waals surface area contributed by atoms with Crippen molar-refractivity contribution in [3.63, 3.8) is 0 Å². The largest absolute Gasteiger partial charge is 0.486 e. The molecule has 3 aliphatic rings. The topological polar surface area (TPSA) is 21.7 Å². The third-order valence-corrected chi connectivity index (χ3v) is 7.35. The number of para-hydroxylation sites is 2. The highest BCUT2D eigenvalue weighted by Crippen LogP contribution is 2.53. The quantitative estimate of drug-likeness (QED) is 0.314. The summed E-state index contributed by atoms with van der Waals surface area (Å²) >= 11 is 13.5. The average molecular weight is 440 g/mol. The molecule has 6 heteroatoms. The van der Waals surface area contributed by atoms with Crippen LogP contribution < -0.4 is 9.47 Å². The van der Waals surface area contributed by atoms with E-state index in [-0.39, 0.29) is 12.3 Å². The minimum atomic E-state index is -0.0839. The van der Waals surface area contributed by atoms with Crippen LogP contribution in [-0.2, 0) is 6.54 Å². The molecule has 1 fully saturated rings. The summed E-state index contributed by atoms with van der Waals surface area (Å²) in [6, 6.07) is 22.8. The Hall–Kier alpha value is -2.40. The number of quaternary nitrogens is 1. The fourth-order valence-electron chi connectivity index (χ4n) is 4.73. The van der Waals surface area contributed by atoms with Crippen LogP contribution >= 0.6 is 23.2 Å². The van der Waals surface area contributed by atoms with E-state index < -0.39 is 0 Å². The predicted octanol–water partition coefficient (Wildman–Crippen LogP) is 5.26. The molecule has 3 aromatic carbocycles. The van der Waals surface area contributed by atoms with E-state index >= 15 is 0 Å². The normalized spacial score (nSPS) is 26.8. The van der Waals surface area contributed by atoms with Gasteiger partial charge in [0.05, 0.1) is 6.54 Å². The van der Waals surface area contributed by atoms with E-state index in [1.54, 1.807) is 0 Å². The molecular formula is C24H21Cl2N2O2+. The Morgan fingerprint density at radius 1 is 0.933 bits per heavy atom. The van der Waals surface area contributed by atoms with Crippen molar-refractivity contribution in [2.75, 3.05) is 19.7 Å². The zero-order valence-corrected chi connectivity index (χ0v) is 17.8. The maximum absolute atomic E-state index is 6.78. The Bertz CT molecular complexity index is 1180. The summed E-state index contributed by atoms with van der Waals surface area (Å²) in [6.45, 7) is 2.97. The lowest BCUT2D eigenvalue weighted by atomic mass is 10.1. The fraction of sp³-hybridized carbons (Fsp3) is 0.250. The third kappa shape index (κ3) is 2.86. The highest BCUT2D eigenvalue weighted by molar-refractivity contribution is 6.38. The lowest BCUT2D eigenvalue weighted by Gasteiger charge is -2.29. The summed E-state index contributed by atoms with van der Waals surface area (Å²) in [5.41, 5.74) is 1.27. The minimum Gasteiger partial charge on any atom is -0.486 e. The first-order valence-corrected chi connectivity index (χ1v) is 10.9. The van der Waals surface area contributed by atoms with Gasteiger partial charge < -0.3 is 9.47 Å². The van der Waals surface area contributed by atoms with Gasteiger partial charge in [0.1, 0.15) is 13.2 Å². The summed E-state index contributed by atoms with van der Waals surface area (Å²) < 4.78 is 12.7. The van der Waals surface area contributed by atoms with Crippen molar-refractivity contribution in [1.29, 1.82) is 0 Å². The lowest BCUT2D eigenvalue weighted by molar-refractivity contribution is -0.780. The molecule has 0 N–H and O–H groups in total. The van der Waals surface area contributed by atoms with E-state index in [1.807, 2.05) is 24.3 Å². The maximum Gasteiger partial charge on any atom is 0.239 e. The standard InChI is InChI=1S/C24H21Cl2N2O2/c25-23-24(26)28(13-16-9-10-17-5-1-2-6-18(17)11-16)14-22(28)27(23)12-19-15-29-20-7-3-4-8-21(20)30-19/h1-11,19,22H,12-15H2/q+1. The Labute approximate surface area is 185 Å². The number of hydrogen-bond acceptors (Lipinski definition) is 3. The molecule has 4 nitrogen and oxygen atoms in total. The number of halogens is 2. The number of rotatable bonds is 4. The Kier molecular flexibility index (Phi) is 4.17. The molecular weight excluding hydrogens is 419 g/mol. The van der Waals surface area contributed by atoms with Gasteiger partial charge in [0.2, 0.25) is 11.3 Å². The van der Waals surface area contributed by atoms with E-state index in [0.717, 1.165) is 29.7 Å². The summed E-state index contributed by atoms with van der Waals surface area (Å²) in [6.07, 6.45) is 0.177. The van der Waals surface area contributed by atoms with Gasteiger partial charge in [-0.3, -0.25) is 4.90 Å². The van der Waals surface area contributed by atoms with Crippen molar-refractivity contribution >= 4 is 34.0 Å². The highest BCUT2D eigenvalue weighted by atomic mass is 35.5. The van der Waals surface area contributed by atoms with Gasteiger partial charge >= 0.3 is 0 Å². The highest BCUT2D eigenvalue weighted by Gasteiger charge is 2.67. The van der Waals surface area contributed by atoms with Crippen molar-refractivity contribution in [1.82, 2.24) is 4.90 Å². The number of hydrogen-bond donors (Lipinski definition) is 0. The molecule has 1 saturated heterocycles. The molecule has 3 unspecified atom stereocenters. The first kappa shape index (κ1) is 18.4. The number of fused-ring (bicyclic) bond motifs is 3. The summed E-state index contributed by atoms with van der Waals surface area (Å²) in [4.78, 5) is 2.19. The van der Waals surface area contributed by atoms with Crippen LogP contribution in [0.15, 0.2) is 77.0 Å². The van der Waals surface area contributed by atoms with E-state index in [0.29, 0.717) is 22.8 Å². The van der Waals surface area contributed by atoms with Crippen LogP contribution in [0.25, 0.3) is 10.8 Å². The molecule has 3 heterocycles. The van der Waals surface area contributed by atoms with Crippen molar-refractivity contribution in [3.8, 4) is 11.5 Å². The number of benzene rings is 3. The lowest BCUT2D eigenvalue weighted by Crippen LogP contribution is -2.41. The van der Waals surface area contributed by atoms with Crippen LogP contribution in [0.4, 0.5) is 0 Å². The maximum atomic E-state index is 6.78. The van der Waals surface area contributed by atoms with Gasteiger partial charge in [-0.15, -0.1) is 0 Å². The van der Waals surface area contributed by atoms with E-state index in [9.17, 15) is 0 Å². The SMILES string of the molecule is ClC1=C(Cl)[N+]2(Cc3ccc4ccccc4c3)CC2N1CC1COc2ccccc2O1. The van der Waals surface area contributed by atoms with Gasteiger partial charge in [-0.25, -0.2) is 4.48 Å². The van der Waals surface area contributed by atoms with Crippen molar-refractivity contribution < 1.29 is 14.0 Å². The Morgan fingerprint density at radius 2 is 1.70 bits per heavy atom. The Morgan fingerprint density at radius 3 is 2.57 bits per heavy atom. The van der Waals surface area contributed by atoms with Crippen molar-refractivity contribution in [2.45, 2.75) is 18.8 Å². The van der Waals surface area contributed by atoms with E-state index in [2.05, 4.69) is 47.4 Å². The molecule has 3 atom stereocenters. The second-order valence-corrected chi connectivity index (χ2v) is 8.98. The van der Waals surface area contributed by atoms with Gasteiger partial charge in [0.15, 0.2) is 29.3 Å². The Balaban J connectivity index is 1.20. The molecule has 0 spiro atoms. The molecule has 0 aromatic heterocycles. The summed E-state index contributed by atoms with van der Waals surface area (Å²) in [5, 5.41) is 3.87. The molecule has 152 valence electrons. The molecule has 3 aliphatic heterocycles. The first-order valence-electron chi connectivity index (χ1n) is 10.2. The predicted molar refractivity (Wildman–Crippen MR) is 118 cm³/mol. The van der Waals surface area contributed by atoms with Crippen molar-refractivity contribution in [3.05, 3.63) is 82.6 Å². The second-order valence-electron chi connectivity index (χ2n) is 8.27. The molecule has 3 aromatic rings. The van der Waals surface area contributed by atoms with Crippen LogP contribution in [0.5, 0.6) is 11.5 Å². The first-order chi connectivity index (χ1) is 14.6. The molecule has 0 bridgehead atoms. The summed E-state index contributed by atoms with van der Waals surface area (Å²) in [5.74, 6) is 1.58. The van der Waals surface area contributed by atoms with Crippen LogP contribution in [-0.4, -0.2) is 41.3 Å². The van der Waals surface area contributed by atoms with Crippen LogP contribution in [0.3, 0.4) is 0 Å². The molecule has 0 amide bonds. The van der Waals surface area contributed by atoms with Gasteiger partial charge in [-0.1, -0.05) is 60.1 Å². The zero-order valence-electron chi connectivity index (χ0n) is 16.3. The van der Waals surface area contributed by atoms with Crippen LogP contribution in [0.1, 0.15) is 5.56 Å². The van der Waals surface area contributed by atoms with Crippen LogP contribution in [0.2, 0.25) is 0 Å². The zero-order chi connectivity index (χ0) is 20.3. The second kappa shape index (κ2) is 6.81.